The minimum Gasteiger partial charge on any atom is -0.497 e. The zero-order valence-electron chi connectivity index (χ0n) is 17.5. The van der Waals surface area contributed by atoms with Gasteiger partial charge in [-0.25, -0.2) is 8.42 Å². The van der Waals surface area contributed by atoms with Crippen LogP contribution in [0.3, 0.4) is 0 Å². The number of benzene rings is 2. The van der Waals surface area contributed by atoms with Crippen LogP contribution in [0.15, 0.2) is 68.7 Å². The Balaban J connectivity index is 1.53. The summed E-state index contributed by atoms with van der Waals surface area (Å²) in [4.78, 5) is 4.44. The second-order valence-corrected chi connectivity index (χ2v) is 9.68. The predicted octanol–water partition coefficient (Wildman–Crippen LogP) is 3.97. The Morgan fingerprint density at radius 3 is 2.58 bits per heavy atom. The Bertz CT molecular complexity index is 1350. The molecule has 0 fully saturated rings. The summed E-state index contributed by atoms with van der Waals surface area (Å²) in [5, 5.41) is 7.78. The monoisotopic (exact) mass is 485 g/mol. The summed E-state index contributed by atoms with van der Waals surface area (Å²) < 4.78 is 50.3. The Hall–Kier alpha value is -3.57. The molecular formula is C22H19N3O6S2. The van der Waals surface area contributed by atoms with Gasteiger partial charge in [0.25, 0.3) is 10.0 Å². The van der Waals surface area contributed by atoms with E-state index in [1.165, 1.54) is 27.8 Å². The first-order valence-electron chi connectivity index (χ1n) is 9.96. The quantitative estimate of drug-likeness (QED) is 0.387. The molecule has 2 aromatic heterocycles. The van der Waals surface area contributed by atoms with Crippen molar-refractivity contribution >= 4 is 27.0 Å². The molecule has 0 N–H and O–H groups in total. The van der Waals surface area contributed by atoms with Crippen LogP contribution in [0.1, 0.15) is 5.89 Å². The minimum atomic E-state index is -4.02. The molecule has 0 amide bonds. The van der Waals surface area contributed by atoms with Crippen LogP contribution in [0.4, 0.5) is 5.69 Å². The van der Waals surface area contributed by atoms with Crippen LogP contribution in [0.25, 0.3) is 11.4 Å². The Labute approximate surface area is 194 Å². The van der Waals surface area contributed by atoms with Crippen molar-refractivity contribution in [1.82, 2.24) is 10.1 Å². The fraction of sp³-hybridized carbons (Fsp3) is 0.182. The molecule has 9 nitrogen and oxygen atoms in total. The third-order valence-corrected chi connectivity index (χ3v) is 7.44. The SMILES string of the molecule is COc1ccc(N(Cc2nc(-c3ccsc3)no2)S(=O)(=O)c2ccc3c(c2)OCCO3)cc1. The lowest BCUT2D eigenvalue weighted by atomic mass is 10.3. The van der Waals surface area contributed by atoms with Gasteiger partial charge in [0.15, 0.2) is 11.5 Å². The number of ether oxygens (including phenoxy) is 3. The Morgan fingerprint density at radius 2 is 1.85 bits per heavy atom. The molecule has 1 aliphatic rings. The van der Waals surface area contributed by atoms with Gasteiger partial charge in [-0.05, 0) is 47.8 Å². The average Bonchev–Trinajstić information content (AvgIpc) is 3.54. The Morgan fingerprint density at radius 1 is 1.06 bits per heavy atom. The summed E-state index contributed by atoms with van der Waals surface area (Å²) in [5.74, 6) is 2.06. The maximum absolute atomic E-state index is 13.7. The molecule has 4 aromatic rings. The largest absolute Gasteiger partial charge is 0.497 e. The van der Waals surface area contributed by atoms with E-state index in [0.29, 0.717) is 42.0 Å². The van der Waals surface area contributed by atoms with Crippen molar-refractivity contribution in [2.75, 3.05) is 24.6 Å². The number of nitrogens with zero attached hydrogens (tertiary/aromatic N) is 3. The second kappa shape index (κ2) is 8.75. The number of aromatic nitrogens is 2. The Kier molecular flexibility index (Phi) is 5.65. The zero-order chi connectivity index (χ0) is 22.8. The molecule has 3 heterocycles. The lowest BCUT2D eigenvalue weighted by Gasteiger charge is -2.24. The van der Waals surface area contributed by atoms with Gasteiger partial charge in [0.05, 0.1) is 17.7 Å². The molecule has 33 heavy (non-hydrogen) atoms. The summed E-state index contributed by atoms with van der Waals surface area (Å²) >= 11 is 1.51. The van der Waals surface area contributed by atoms with Crippen molar-refractivity contribution in [3.05, 3.63) is 65.2 Å². The number of hydrogen-bond donors (Lipinski definition) is 0. The zero-order valence-corrected chi connectivity index (χ0v) is 19.1. The van der Waals surface area contributed by atoms with Crippen molar-refractivity contribution < 1.29 is 27.2 Å². The van der Waals surface area contributed by atoms with E-state index >= 15 is 0 Å². The molecule has 1 aliphatic heterocycles. The molecule has 0 saturated heterocycles. The van der Waals surface area contributed by atoms with Crippen molar-refractivity contribution in [2.45, 2.75) is 11.4 Å². The lowest BCUT2D eigenvalue weighted by Crippen LogP contribution is -2.31. The first-order valence-corrected chi connectivity index (χ1v) is 12.3. The fourth-order valence-electron chi connectivity index (χ4n) is 3.33. The van der Waals surface area contributed by atoms with Gasteiger partial charge in [-0.3, -0.25) is 4.31 Å². The molecule has 0 spiro atoms. The van der Waals surface area contributed by atoms with Gasteiger partial charge in [-0.2, -0.15) is 16.3 Å². The molecule has 0 unspecified atom stereocenters. The van der Waals surface area contributed by atoms with Crippen LogP contribution in [0.5, 0.6) is 17.2 Å². The first kappa shape index (κ1) is 21.3. The van der Waals surface area contributed by atoms with Crippen molar-refractivity contribution in [3.8, 4) is 28.6 Å². The molecule has 2 aromatic carbocycles. The smallest absolute Gasteiger partial charge is 0.264 e. The normalized spacial score (nSPS) is 13.0. The molecule has 5 rings (SSSR count). The van der Waals surface area contributed by atoms with Crippen LogP contribution >= 0.6 is 11.3 Å². The summed E-state index contributed by atoms with van der Waals surface area (Å²) in [6.45, 7) is 0.618. The summed E-state index contributed by atoms with van der Waals surface area (Å²) in [6, 6.07) is 13.1. The number of hydrogen-bond acceptors (Lipinski definition) is 9. The van der Waals surface area contributed by atoms with Gasteiger partial charge in [0.2, 0.25) is 11.7 Å². The highest BCUT2D eigenvalue weighted by molar-refractivity contribution is 7.92. The van der Waals surface area contributed by atoms with E-state index in [2.05, 4.69) is 10.1 Å². The third kappa shape index (κ3) is 4.24. The molecule has 0 saturated carbocycles. The third-order valence-electron chi connectivity index (χ3n) is 4.99. The van der Waals surface area contributed by atoms with Crippen molar-refractivity contribution in [2.24, 2.45) is 0 Å². The number of anilines is 1. The summed E-state index contributed by atoms with van der Waals surface area (Å²) in [6.07, 6.45) is 0. The first-order chi connectivity index (χ1) is 16.0. The van der Waals surface area contributed by atoms with Gasteiger partial charge >= 0.3 is 0 Å². The maximum atomic E-state index is 13.7. The van der Waals surface area contributed by atoms with Crippen LogP contribution in [0.2, 0.25) is 0 Å². The standard InChI is InChI=1S/C22H19N3O6S2/c1-28-17-4-2-16(3-5-17)25(13-21-23-22(24-31-21)15-8-11-32-14-15)33(26,27)18-6-7-19-20(12-18)30-10-9-29-19/h2-8,11-12,14H,9-10,13H2,1H3. The fourth-order valence-corrected chi connectivity index (χ4v) is 5.39. The van der Waals surface area contributed by atoms with Crippen molar-refractivity contribution in [3.63, 3.8) is 0 Å². The van der Waals surface area contributed by atoms with Gasteiger partial charge in [0, 0.05) is 17.0 Å². The van der Waals surface area contributed by atoms with Crippen LogP contribution in [-0.4, -0.2) is 38.9 Å². The number of rotatable bonds is 7. The van der Waals surface area contributed by atoms with Crippen LogP contribution in [-0.2, 0) is 16.6 Å². The minimum absolute atomic E-state index is 0.0557. The van der Waals surface area contributed by atoms with Crippen LogP contribution < -0.4 is 18.5 Å². The molecule has 0 atom stereocenters. The van der Waals surface area contributed by atoms with Gasteiger partial charge in [-0.15, -0.1) is 0 Å². The van der Waals surface area contributed by atoms with Crippen LogP contribution in [0, 0.1) is 0 Å². The number of methoxy groups -OCH3 is 1. The van der Waals surface area contributed by atoms with E-state index in [9.17, 15) is 8.42 Å². The summed E-state index contributed by atoms with van der Waals surface area (Å²) in [5.41, 5.74) is 1.22. The molecule has 11 heteroatoms. The van der Waals surface area contributed by atoms with E-state index in [4.69, 9.17) is 18.7 Å². The molecule has 0 radical (unpaired) electrons. The van der Waals surface area contributed by atoms with Gasteiger partial charge in [-0.1, -0.05) is 5.16 Å². The predicted molar refractivity (Wildman–Crippen MR) is 121 cm³/mol. The van der Waals surface area contributed by atoms with E-state index in [-0.39, 0.29) is 17.3 Å². The molecule has 170 valence electrons. The maximum Gasteiger partial charge on any atom is 0.264 e. The van der Waals surface area contributed by atoms with E-state index in [1.807, 2.05) is 16.8 Å². The molecule has 0 aliphatic carbocycles. The number of thiophene rings is 1. The number of sulfonamides is 1. The van der Waals surface area contributed by atoms with Gasteiger partial charge in [0.1, 0.15) is 25.5 Å². The topological polar surface area (TPSA) is 104 Å². The van der Waals surface area contributed by atoms with Crippen molar-refractivity contribution in [1.29, 1.82) is 0 Å². The van der Waals surface area contributed by atoms with E-state index < -0.39 is 10.0 Å². The van der Waals surface area contributed by atoms with Gasteiger partial charge < -0.3 is 18.7 Å². The van der Waals surface area contributed by atoms with E-state index in [0.717, 1.165) is 5.56 Å². The van der Waals surface area contributed by atoms with E-state index in [1.54, 1.807) is 37.4 Å². The molecular weight excluding hydrogens is 466 g/mol. The highest BCUT2D eigenvalue weighted by Gasteiger charge is 2.29. The summed E-state index contributed by atoms with van der Waals surface area (Å²) in [7, 11) is -2.47. The second-order valence-electron chi connectivity index (χ2n) is 7.04. The number of fused-ring (bicyclic) bond motifs is 1. The molecule has 0 bridgehead atoms. The average molecular weight is 486 g/mol. The highest BCUT2D eigenvalue weighted by atomic mass is 32.2. The lowest BCUT2D eigenvalue weighted by molar-refractivity contribution is 0.171. The highest BCUT2D eigenvalue weighted by Crippen LogP contribution is 2.35.